The van der Waals surface area contributed by atoms with Crippen LogP contribution >= 0.6 is 27.5 Å². The van der Waals surface area contributed by atoms with Crippen molar-refractivity contribution in [1.29, 1.82) is 0 Å². The van der Waals surface area contributed by atoms with Gasteiger partial charge in [0.15, 0.2) is 0 Å². The highest BCUT2D eigenvalue weighted by Gasteiger charge is 2.22. The van der Waals surface area contributed by atoms with Crippen molar-refractivity contribution in [1.82, 2.24) is 0 Å². The van der Waals surface area contributed by atoms with E-state index in [-0.39, 0.29) is 16.8 Å². The van der Waals surface area contributed by atoms with E-state index in [1.165, 1.54) is 6.07 Å². The normalized spacial score (nSPS) is 18.9. The molecule has 1 fully saturated rings. The number of nitro benzene ring substituents is 1. The molecule has 1 aliphatic heterocycles. The van der Waals surface area contributed by atoms with Crippen molar-refractivity contribution in [2.75, 3.05) is 18.5 Å². The minimum atomic E-state index is -0.480. The van der Waals surface area contributed by atoms with E-state index in [0.717, 1.165) is 19.4 Å². The van der Waals surface area contributed by atoms with Crippen LogP contribution in [0.25, 0.3) is 0 Å². The zero-order chi connectivity index (χ0) is 13.1. The molecular formula is C11H12BrClN2O3. The van der Waals surface area contributed by atoms with Crippen LogP contribution in [0.1, 0.15) is 12.8 Å². The first kappa shape index (κ1) is 13.6. The van der Waals surface area contributed by atoms with Gasteiger partial charge < -0.3 is 10.1 Å². The fourth-order valence-corrected chi connectivity index (χ4v) is 2.79. The van der Waals surface area contributed by atoms with Gasteiger partial charge in [-0.05, 0) is 25.0 Å². The molecule has 1 atom stereocenters. The summed E-state index contributed by atoms with van der Waals surface area (Å²) < 4.78 is 6.16. The third-order valence-electron chi connectivity index (χ3n) is 2.75. The van der Waals surface area contributed by atoms with Crippen LogP contribution in [0.2, 0.25) is 5.02 Å². The second-order valence-electron chi connectivity index (χ2n) is 4.06. The van der Waals surface area contributed by atoms with Crippen molar-refractivity contribution in [2.24, 2.45) is 0 Å². The summed E-state index contributed by atoms with van der Waals surface area (Å²) in [5.74, 6) is 0. The van der Waals surface area contributed by atoms with Crippen LogP contribution < -0.4 is 5.32 Å². The van der Waals surface area contributed by atoms with Gasteiger partial charge in [-0.1, -0.05) is 27.5 Å². The second-order valence-corrected chi connectivity index (χ2v) is 5.38. The Morgan fingerprint density at radius 2 is 2.39 bits per heavy atom. The van der Waals surface area contributed by atoms with E-state index in [9.17, 15) is 10.1 Å². The van der Waals surface area contributed by atoms with E-state index in [2.05, 4.69) is 21.2 Å². The largest absolute Gasteiger partial charge is 0.377 e. The summed E-state index contributed by atoms with van der Waals surface area (Å²) in [5, 5.41) is 14.1. The number of nitrogens with one attached hydrogen (secondary N) is 1. The first-order valence-corrected chi connectivity index (χ1v) is 6.74. The number of nitro groups is 1. The van der Waals surface area contributed by atoms with Gasteiger partial charge in [-0.2, -0.15) is 0 Å². The summed E-state index contributed by atoms with van der Waals surface area (Å²) in [6, 6.07) is 3.16. The van der Waals surface area contributed by atoms with Crippen molar-refractivity contribution in [2.45, 2.75) is 18.9 Å². The SMILES string of the molecule is O=[N+]([O-])c1c(Cl)cc(Br)cc1NC[C@@H]1CCCO1. The van der Waals surface area contributed by atoms with Gasteiger partial charge in [0.05, 0.1) is 11.0 Å². The molecule has 1 heterocycles. The van der Waals surface area contributed by atoms with E-state index in [4.69, 9.17) is 16.3 Å². The molecule has 1 N–H and O–H groups in total. The first-order chi connectivity index (χ1) is 8.58. The highest BCUT2D eigenvalue weighted by molar-refractivity contribution is 9.10. The average Bonchev–Trinajstić information content (AvgIpc) is 2.77. The van der Waals surface area contributed by atoms with Gasteiger partial charge in [0.2, 0.25) is 0 Å². The maximum atomic E-state index is 11.0. The number of anilines is 1. The molecule has 0 bridgehead atoms. The molecule has 1 saturated heterocycles. The standard InChI is InChI=1S/C11H12BrClN2O3/c12-7-4-9(13)11(15(16)17)10(5-7)14-6-8-2-1-3-18-8/h4-5,8,14H,1-3,6H2/t8-/m0/s1. The Bertz CT molecular complexity index is 464. The van der Waals surface area contributed by atoms with Crippen LogP contribution in [0, 0.1) is 10.1 Å². The third kappa shape index (κ3) is 3.13. The molecule has 1 aliphatic rings. The van der Waals surface area contributed by atoms with Gasteiger partial charge in [-0.25, -0.2) is 0 Å². The molecule has 18 heavy (non-hydrogen) atoms. The highest BCUT2D eigenvalue weighted by atomic mass is 79.9. The zero-order valence-corrected chi connectivity index (χ0v) is 11.8. The van der Waals surface area contributed by atoms with E-state index >= 15 is 0 Å². The van der Waals surface area contributed by atoms with E-state index < -0.39 is 4.92 Å². The fourth-order valence-electron chi connectivity index (χ4n) is 1.92. The molecule has 98 valence electrons. The van der Waals surface area contributed by atoms with Gasteiger partial charge in [-0.15, -0.1) is 0 Å². The maximum absolute atomic E-state index is 11.0. The molecule has 0 aliphatic carbocycles. The van der Waals surface area contributed by atoms with Crippen LogP contribution in [0.15, 0.2) is 16.6 Å². The van der Waals surface area contributed by atoms with Gasteiger partial charge >= 0.3 is 5.69 Å². The number of benzene rings is 1. The number of halogens is 2. The molecule has 0 radical (unpaired) electrons. The lowest BCUT2D eigenvalue weighted by atomic mass is 10.2. The molecule has 1 aromatic rings. The van der Waals surface area contributed by atoms with Gasteiger partial charge in [-0.3, -0.25) is 10.1 Å². The molecular weight excluding hydrogens is 323 g/mol. The van der Waals surface area contributed by atoms with Crippen molar-refractivity contribution in [3.8, 4) is 0 Å². The van der Waals surface area contributed by atoms with E-state index in [1.807, 2.05) is 0 Å². The number of nitrogens with zero attached hydrogens (tertiary/aromatic N) is 1. The molecule has 0 unspecified atom stereocenters. The Labute approximate surface area is 118 Å². The minimum Gasteiger partial charge on any atom is -0.377 e. The van der Waals surface area contributed by atoms with Gasteiger partial charge in [0, 0.05) is 17.6 Å². The molecule has 0 aromatic heterocycles. The smallest absolute Gasteiger partial charge is 0.310 e. The first-order valence-electron chi connectivity index (χ1n) is 5.57. The Morgan fingerprint density at radius 3 is 3.00 bits per heavy atom. The van der Waals surface area contributed by atoms with Gasteiger partial charge in [0.1, 0.15) is 10.7 Å². The van der Waals surface area contributed by atoms with Crippen LogP contribution in [0.5, 0.6) is 0 Å². The summed E-state index contributed by atoms with van der Waals surface area (Å²) >= 11 is 9.15. The van der Waals surface area contributed by atoms with Crippen molar-refractivity contribution < 1.29 is 9.66 Å². The van der Waals surface area contributed by atoms with Crippen molar-refractivity contribution in [3.05, 3.63) is 31.7 Å². The maximum Gasteiger partial charge on any atom is 0.310 e. The Balaban J connectivity index is 2.16. The lowest BCUT2D eigenvalue weighted by Gasteiger charge is -2.12. The summed E-state index contributed by atoms with van der Waals surface area (Å²) in [5.41, 5.74) is 0.313. The highest BCUT2D eigenvalue weighted by Crippen LogP contribution is 2.36. The Hall–Kier alpha value is -0.850. The predicted molar refractivity (Wildman–Crippen MR) is 73.3 cm³/mol. The third-order valence-corrected chi connectivity index (χ3v) is 3.50. The summed E-state index contributed by atoms with van der Waals surface area (Å²) in [4.78, 5) is 10.5. The fraction of sp³-hybridized carbons (Fsp3) is 0.455. The molecule has 0 saturated carbocycles. The quantitative estimate of drug-likeness (QED) is 0.674. The van der Waals surface area contributed by atoms with Crippen LogP contribution in [-0.2, 0) is 4.74 Å². The molecule has 1 aromatic carbocycles. The molecule has 5 nitrogen and oxygen atoms in total. The van der Waals surface area contributed by atoms with Gasteiger partial charge in [0.25, 0.3) is 0 Å². The lowest BCUT2D eigenvalue weighted by Crippen LogP contribution is -2.19. The summed E-state index contributed by atoms with van der Waals surface area (Å²) in [6.07, 6.45) is 2.12. The second kappa shape index (κ2) is 5.86. The number of hydrogen-bond acceptors (Lipinski definition) is 4. The van der Waals surface area contributed by atoms with Crippen molar-refractivity contribution in [3.63, 3.8) is 0 Å². The monoisotopic (exact) mass is 334 g/mol. The molecule has 7 heteroatoms. The number of rotatable bonds is 4. The Morgan fingerprint density at radius 1 is 1.61 bits per heavy atom. The number of ether oxygens (including phenoxy) is 1. The van der Waals surface area contributed by atoms with Crippen LogP contribution in [0.3, 0.4) is 0 Å². The average molecular weight is 336 g/mol. The minimum absolute atomic E-state index is 0.0992. The van der Waals surface area contributed by atoms with Crippen molar-refractivity contribution >= 4 is 38.9 Å². The van der Waals surface area contributed by atoms with E-state index in [0.29, 0.717) is 16.7 Å². The molecule has 0 spiro atoms. The zero-order valence-electron chi connectivity index (χ0n) is 9.49. The molecule has 0 amide bonds. The Kier molecular flexibility index (Phi) is 4.42. The number of hydrogen-bond donors (Lipinski definition) is 1. The lowest BCUT2D eigenvalue weighted by molar-refractivity contribution is -0.383. The van der Waals surface area contributed by atoms with Crippen LogP contribution in [0.4, 0.5) is 11.4 Å². The molecule has 2 rings (SSSR count). The van der Waals surface area contributed by atoms with E-state index in [1.54, 1.807) is 6.07 Å². The summed E-state index contributed by atoms with van der Waals surface area (Å²) in [6.45, 7) is 1.31. The summed E-state index contributed by atoms with van der Waals surface area (Å²) in [7, 11) is 0. The van der Waals surface area contributed by atoms with Crippen LogP contribution in [-0.4, -0.2) is 24.2 Å². The predicted octanol–water partition coefficient (Wildman–Crippen LogP) is 3.60. The topological polar surface area (TPSA) is 64.4 Å².